The lowest BCUT2D eigenvalue weighted by molar-refractivity contribution is -0.318. The summed E-state index contributed by atoms with van der Waals surface area (Å²) in [6.07, 6.45) is -5.81. The number of allylic oxidation sites excluding steroid dienone is 1. The standard InChI is InChI=1S/C35H36O15/c36-16-27-29(42)30(43)31(50-34-32(44)35(45,18-47-34)17-46-28(41)14-6-19-1-7-21(37)8-2-19)33(49-27)48-23-10-3-20(4-11-23)5-13-25(39)24-12-9-22(38)15-26(24)40/h1-15,27,29-34,36-38,40,42-45H,16-18H2/b13-5+,14-6+/t27-,29-,30+,31-,32-,33-,34-,35+/m1/s1. The molecule has 8 N–H and O–H groups in total. The SMILES string of the molecule is O=C(/C=C/c1ccc(O)cc1)OC[C@]1(O)CO[C@H](O[C@H]2[C@H](Oc3ccc(/C=C/C(=O)c4ccc(O)cc4O)cc3)O[C@H](CO)[C@@H](O)[C@@H]2O)[C@H]1O. The van der Waals surface area contributed by atoms with E-state index in [2.05, 4.69) is 0 Å². The quantitative estimate of drug-likeness (QED) is 0.0735. The van der Waals surface area contributed by atoms with Gasteiger partial charge in [-0.15, -0.1) is 0 Å². The van der Waals surface area contributed by atoms with Crippen molar-refractivity contribution in [2.24, 2.45) is 0 Å². The van der Waals surface area contributed by atoms with Crippen LogP contribution in [0.2, 0.25) is 0 Å². The molecular weight excluding hydrogens is 660 g/mol. The third-order valence-electron chi connectivity index (χ3n) is 8.00. The van der Waals surface area contributed by atoms with Crippen molar-refractivity contribution in [1.29, 1.82) is 0 Å². The molecule has 0 saturated carbocycles. The number of ether oxygens (including phenoxy) is 5. The zero-order valence-corrected chi connectivity index (χ0v) is 26.3. The number of hydrogen-bond donors (Lipinski definition) is 8. The topological polar surface area (TPSA) is 242 Å². The summed E-state index contributed by atoms with van der Waals surface area (Å²) in [7, 11) is 0. The van der Waals surface area contributed by atoms with E-state index in [0.717, 1.165) is 12.1 Å². The average molecular weight is 697 g/mol. The van der Waals surface area contributed by atoms with Gasteiger partial charge in [-0.3, -0.25) is 4.79 Å². The summed E-state index contributed by atoms with van der Waals surface area (Å²) in [6.45, 7) is -1.91. The lowest BCUT2D eigenvalue weighted by Gasteiger charge is -2.42. The van der Waals surface area contributed by atoms with Crippen LogP contribution in [0.5, 0.6) is 23.0 Å². The number of benzene rings is 3. The average Bonchev–Trinajstić information content (AvgIpc) is 3.38. The number of rotatable bonds is 12. The zero-order chi connectivity index (χ0) is 36.0. The number of phenolic OH excluding ortho intramolecular Hbond substituents is 3. The molecular formula is C35H36O15. The third kappa shape index (κ3) is 8.65. The first-order chi connectivity index (χ1) is 23.9. The second-order valence-electron chi connectivity index (χ2n) is 11.7. The van der Waals surface area contributed by atoms with Gasteiger partial charge in [0.25, 0.3) is 0 Å². The Morgan fingerprint density at radius 2 is 1.48 bits per heavy atom. The number of carbonyl (C=O) groups is 2. The Morgan fingerprint density at radius 1 is 0.840 bits per heavy atom. The maximum Gasteiger partial charge on any atom is 0.330 e. The highest BCUT2D eigenvalue weighted by atomic mass is 16.8. The maximum atomic E-state index is 12.5. The summed E-state index contributed by atoms with van der Waals surface area (Å²) in [5, 5.41) is 81.7. The van der Waals surface area contributed by atoms with Crippen LogP contribution in [0.3, 0.4) is 0 Å². The number of esters is 1. The molecule has 0 radical (unpaired) electrons. The predicted molar refractivity (Wildman–Crippen MR) is 172 cm³/mol. The number of aliphatic hydroxyl groups is 5. The molecule has 0 bridgehead atoms. The summed E-state index contributed by atoms with van der Waals surface area (Å²) >= 11 is 0. The van der Waals surface area contributed by atoms with E-state index < -0.39 is 80.3 Å². The first kappa shape index (κ1) is 36.4. The minimum absolute atomic E-state index is 0.00591. The van der Waals surface area contributed by atoms with Crippen molar-refractivity contribution in [1.82, 2.24) is 0 Å². The van der Waals surface area contributed by atoms with Gasteiger partial charge in [0.2, 0.25) is 6.29 Å². The van der Waals surface area contributed by atoms with Gasteiger partial charge in [-0.05, 0) is 59.7 Å². The van der Waals surface area contributed by atoms with Crippen LogP contribution in [0.1, 0.15) is 21.5 Å². The highest BCUT2D eigenvalue weighted by Crippen LogP contribution is 2.33. The van der Waals surface area contributed by atoms with Crippen molar-refractivity contribution in [3.8, 4) is 23.0 Å². The maximum absolute atomic E-state index is 12.5. The minimum atomic E-state index is -2.11. The smallest absolute Gasteiger partial charge is 0.330 e. The van der Waals surface area contributed by atoms with Crippen LogP contribution >= 0.6 is 0 Å². The largest absolute Gasteiger partial charge is 0.508 e. The fraction of sp³-hybridized carbons (Fsp3) is 0.314. The second kappa shape index (κ2) is 15.8. The Kier molecular flexibility index (Phi) is 11.5. The molecule has 2 aliphatic heterocycles. The van der Waals surface area contributed by atoms with E-state index in [0.29, 0.717) is 11.1 Å². The van der Waals surface area contributed by atoms with Gasteiger partial charge < -0.3 is 64.5 Å². The van der Waals surface area contributed by atoms with Crippen LogP contribution in [0.25, 0.3) is 12.2 Å². The van der Waals surface area contributed by atoms with Gasteiger partial charge in [0.1, 0.15) is 54.0 Å². The Balaban J connectivity index is 1.21. The van der Waals surface area contributed by atoms with Crippen molar-refractivity contribution in [2.75, 3.05) is 19.8 Å². The third-order valence-corrected chi connectivity index (χ3v) is 8.00. The number of aliphatic hydroxyl groups excluding tert-OH is 4. The molecule has 2 heterocycles. The first-order valence-electron chi connectivity index (χ1n) is 15.3. The van der Waals surface area contributed by atoms with Gasteiger partial charge in [0.05, 0.1) is 18.8 Å². The molecule has 0 amide bonds. The zero-order valence-electron chi connectivity index (χ0n) is 26.3. The molecule has 0 aromatic heterocycles. The monoisotopic (exact) mass is 696 g/mol. The van der Waals surface area contributed by atoms with E-state index in [-0.39, 0.29) is 28.6 Å². The van der Waals surface area contributed by atoms with Gasteiger partial charge in [0, 0.05) is 12.1 Å². The first-order valence-corrected chi connectivity index (χ1v) is 15.3. The molecule has 0 spiro atoms. The molecule has 2 fully saturated rings. The van der Waals surface area contributed by atoms with Crippen molar-refractivity contribution in [2.45, 2.75) is 48.7 Å². The Morgan fingerprint density at radius 3 is 2.14 bits per heavy atom. The van der Waals surface area contributed by atoms with Gasteiger partial charge >= 0.3 is 5.97 Å². The molecule has 3 aromatic carbocycles. The van der Waals surface area contributed by atoms with Gasteiger partial charge in [-0.1, -0.05) is 30.3 Å². The van der Waals surface area contributed by atoms with Crippen molar-refractivity contribution >= 4 is 23.9 Å². The molecule has 15 nitrogen and oxygen atoms in total. The summed E-state index contributed by atoms with van der Waals surface area (Å²) in [5.74, 6) is -1.68. The van der Waals surface area contributed by atoms with Gasteiger partial charge in [-0.25, -0.2) is 4.79 Å². The Bertz CT molecular complexity index is 1690. The van der Waals surface area contributed by atoms with Crippen molar-refractivity contribution in [3.63, 3.8) is 0 Å². The lowest BCUT2D eigenvalue weighted by atomic mass is 9.98. The Labute approximate surface area is 285 Å². The minimum Gasteiger partial charge on any atom is -0.508 e. The molecule has 0 unspecified atom stereocenters. The van der Waals surface area contributed by atoms with Crippen LogP contribution in [0.15, 0.2) is 78.9 Å². The highest BCUT2D eigenvalue weighted by molar-refractivity contribution is 6.08. The fourth-order valence-electron chi connectivity index (χ4n) is 5.12. The van der Waals surface area contributed by atoms with Crippen LogP contribution in [-0.2, 0) is 23.7 Å². The molecule has 50 heavy (non-hydrogen) atoms. The summed E-state index contributed by atoms with van der Waals surface area (Å²) in [4.78, 5) is 24.7. The Hall–Kier alpha value is -4.84. The van der Waals surface area contributed by atoms with Crippen LogP contribution < -0.4 is 4.74 Å². The summed E-state index contributed by atoms with van der Waals surface area (Å²) in [5.41, 5.74) is -0.960. The van der Waals surface area contributed by atoms with Crippen LogP contribution in [0, 0.1) is 0 Å². The van der Waals surface area contributed by atoms with Crippen molar-refractivity contribution in [3.05, 3.63) is 95.6 Å². The van der Waals surface area contributed by atoms with Crippen LogP contribution in [-0.4, -0.2) is 121 Å². The summed E-state index contributed by atoms with van der Waals surface area (Å²) < 4.78 is 27.8. The second-order valence-corrected chi connectivity index (χ2v) is 11.7. The van der Waals surface area contributed by atoms with Gasteiger partial charge in [0.15, 0.2) is 23.8 Å². The number of aromatic hydroxyl groups is 3. The molecule has 0 aliphatic carbocycles. The summed E-state index contributed by atoms with van der Waals surface area (Å²) in [6, 6.07) is 15.8. The number of hydrogen-bond acceptors (Lipinski definition) is 15. The molecule has 5 rings (SSSR count). The normalized spacial score (nSPS) is 28.2. The van der Waals surface area contributed by atoms with Gasteiger partial charge in [-0.2, -0.15) is 0 Å². The van der Waals surface area contributed by atoms with E-state index >= 15 is 0 Å². The molecule has 266 valence electrons. The molecule has 8 atom stereocenters. The van der Waals surface area contributed by atoms with E-state index in [4.69, 9.17) is 23.7 Å². The molecule has 15 heteroatoms. The number of ketones is 1. The highest BCUT2D eigenvalue weighted by Gasteiger charge is 2.54. The lowest BCUT2D eigenvalue weighted by Crippen LogP contribution is -2.62. The molecule has 2 aliphatic rings. The van der Waals surface area contributed by atoms with E-state index in [1.54, 1.807) is 24.3 Å². The van der Waals surface area contributed by atoms with Crippen molar-refractivity contribution < 1.29 is 74.1 Å². The number of phenols is 3. The van der Waals surface area contributed by atoms with E-state index in [1.807, 2.05) is 0 Å². The number of carbonyl (C=O) groups excluding carboxylic acids is 2. The molecule has 2 saturated heterocycles. The van der Waals surface area contributed by atoms with Crippen LogP contribution in [0.4, 0.5) is 0 Å². The van der Waals surface area contributed by atoms with E-state index in [1.165, 1.54) is 54.6 Å². The van der Waals surface area contributed by atoms with E-state index in [9.17, 15) is 50.4 Å². The predicted octanol–water partition coefficient (Wildman–Crippen LogP) is 0.607. The molecule has 3 aromatic rings. The fourth-order valence-corrected chi connectivity index (χ4v) is 5.12.